The second-order valence-electron chi connectivity index (χ2n) is 6.65. The summed E-state index contributed by atoms with van der Waals surface area (Å²) in [5, 5.41) is 7.04. The highest BCUT2D eigenvalue weighted by molar-refractivity contribution is 6.02. The molecule has 1 aliphatic heterocycles. The van der Waals surface area contributed by atoms with Crippen molar-refractivity contribution in [2.24, 2.45) is 0 Å². The number of aryl methyl sites for hydroxylation is 1. The Bertz CT molecular complexity index is 961. The Kier molecular flexibility index (Phi) is 4.16. The summed E-state index contributed by atoms with van der Waals surface area (Å²) in [6.45, 7) is 3.26. The van der Waals surface area contributed by atoms with Gasteiger partial charge in [0.2, 0.25) is 5.91 Å². The predicted octanol–water partition coefficient (Wildman–Crippen LogP) is 2.17. The molecule has 1 aromatic carbocycles. The smallest absolute Gasteiger partial charge is 0.255 e. The van der Waals surface area contributed by atoms with Crippen molar-refractivity contribution in [3.63, 3.8) is 0 Å². The number of hydrogen-bond acceptors (Lipinski definition) is 3. The van der Waals surface area contributed by atoms with Crippen molar-refractivity contribution in [3.8, 4) is 0 Å². The fourth-order valence-electron chi connectivity index (χ4n) is 3.29. The van der Waals surface area contributed by atoms with Gasteiger partial charge in [0.1, 0.15) is 6.04 Å². The molecule has 3 aromatic rings. The zero-order valence-electron chi connectivity index (χ0n) is 14.6. The van der Waals surface area contributed by atoms with E-state index in [1.54, 1.807) is 15.6 Å². The molecule has 4 rings (SSSR count). The van der Waals surface area contributed by atoms with Crippen molar-refractivity contribution in [2.75, 3.05) is 6.54 Å². The topological polar surface area (TPSA) is 66.7 Å². The van der Waals surface area contributed by atoms with Gasteiger partial charge in [-0.15, -0.1) is 0 Å². The van der Waals surface area contributed by atoms with Crippen molar-refractivity contribution in [2.45, 2.75) is 25.9 Å². The van der Waals surface area contributed by atoms with Crippen LogP contribution in [0.3, 0.4) is 0 Å². The number of fused-ring (bicyclic) bond motifs is 1. The number of carbonyl (C=O) groups is 2. The minimum atomic E-state index is -0.480. The number of amides is 2. The maximum Gasteiger partial charge on any atom is 0.255 e. The van der Waals surface area contributed by atoms with Crippen molar-refractivity contribution in [1.82, 2.24) is 19.8 Å². The Morgan fingerprint density at radius 2 is 2.04 bits per heavy atom. The molecule has 0 unspecified atom stereocenters. The van der Waals surface area contributed by atoms with Crippen LogP contribution in [0.25, 0.3) is 5.52 Å². The molecular formula is C20H20N4O2. The lowest BCUT2D eigenvalue weighted by atomic mass is 10.1. The van der Waals surface area contributed by atoms with Gasteiger partial charge >= 0.3 is 0 Å². The first-order valence-electron chi connectivity index (χ1n) is 8.69. The summed E-state index contributed by atoms with van der Waals surface area (Å²) in [7, 11) is 0. The van der Waals surface area contributed by atoms with Crippen LogP contribution in [0, 0.1) is 6.92 Å². The summed E-state index contributed by atoms with van der Waals surface area (Å²) in [5.74, 6) is -0.294. The van der Waals surface area contributed by atoms with Crippen LogP contribution < -0.4 is 5.32 Å². The molecule has 6 heteroatoms. The van der Waals surface area contributed by atoms with Gasteiger partial charge in [-0.05, 0) is 31.0 Å². The van der Waals surface area contributed by atoms with Gasteiger partial charge < -0.3 is 10.2 Å². The number of pyridine rings is 1. The monoisotopic (exact) mass is 348 g/mol. The van der Waals surface area contributed by atoms with Crippen LogP contribution >= 0.6 is 0 Å². The Labute approximate surface area is 151 Å². The summed E-state index contributed by atoms with van der Waals surface area (Å²) < 4.78 is 1.65. The van der Waals surface area contributed by atoms with Crippen molar-refractivity contribution in [3.05, 3.63) is 71.5 Å². The number of rotatable bonds is 4. The second kappa shape index (κ2) is 6.63. The SMILES string of the molecule is Cc1ccc(CN2CC[C@H](NC(=O)c3cnn4ccccc34)C2=O)cc1. The summed E-state index contributed by atoms with van der Waals surface area (Å²) in [5.41, 5.74) is 3.50. The molecule has 0 bridgehead atoms. The Balaban J connectivity index is 1.43. The van der Waals surface area contributed by atoms with Crippen molar-refractivity contribution < 1.29 is 9.59 Å². The number of hydrogen-bond donors (Lipinski definition) is 1. The lowest BCUT2D eigenvalue weighted by molar-refractivity contribution is -0.129. The van der Waals surface area contributed by atoms with Crippen molar-refractivity contribution >= 4 is 17.3 Å². The minimum absolute atomic E-state index is 0.0320. The summed E-state index contributed by atoms with van der Waals surface area (Å²) in [4.78, 5) is 27.0. The molecule has 0 spiro atoms. The number of carbonyl (C=O) groups excluding carboxylic acids is 2. The zero-order valence-corrected chi connectivity index (χ0v) is 14.6. The van der Waals surface area contributed by atoms with Gasteiger partial charge in [-0.25, -0.2) is 4.52 Å². The Hall–Kier alpha value is -3.15. The van der Waals surface area contributed by atoms with E-state index in [9.17, 15) is 9.59 Å². The van der Waals surface area contributed by atoms with E-state index in [1.165, 1.54) is 11.8 Å². The molecule has 1 fully saturated rings. The van der Waals surface area contributed by atoms with E-state index in [0.717, 1.165) is 11.1 Å². The molecule has 1 N–H and O–H groups in total. The quantitative estimate of drug-likeness (QED) is 0.786. The molecule has 132 valence electrons. The van der Waals surface area contributed by atoms with Crippen molar-refractivity contribution in [1.29, 1.82) is 0 Å². The molecule has 2 amide bonds. The average Bonchev–Trinajstić information content (AvgIpc) is 3.22. The average molecular weight is 348 g/mol. The number of aromatic nitrogens is 2. The van der Waals surface area contributed by atoms with Gasteiger partial charge in [0.25, 0.3) is 5.91 Å². The number of nitrogens with zero attached hydrogens (tertiary/aromatic N) is 3. The predicted molar refractivity (Wildman–Crippen MR) is 97.7 cm³/mol. The van der Waals surface area contributed by atoms with E-state index >= 15 is 0 Å². The largest absolute Gasteiger partial charge is 0.340 e. The lowest BCUT2D eigenvalue weighted by Crippen LogP contribution is -2.41. The fraction of sp³-hybridized carbons (Fsp3) is 0.250. The van der Waals surface area contributed by atoms with Crippen LogP contribution in [0.2, 0.25) is 0 Å². The first kappa shape index (κ1) is 16.3. The van der Waals surface area contributed by atoms with Gasteiger partial charge in [-0.2, -0.15) is 5.10 Å². The highest BCUT2D eigenvalue weighted by Gasteiger charge is 2.33. The van der Waals surface area contributed by atoms with Gasteiger partial charge in [-0.1, -0.05) is 35.9 Å². The normalized spacial score (nSPS) is 17.0. The van der Waals surface area contributed by atoms with Crippen LogP contribution in [-0.2, 0) is 11.3 Å². The molecule has 2 aromatic heterocycles. The van der Waals surface area contributed by atoms with E-state index in [4.69, 9.17) is 0 Å². The molecule has 26 heavy (non-hydrogen) atoms. The molecule has 0 radical (unpaired) electrons. The number of nitrogens with one attached hydrogen (secondary N) is 1. The Morgan fingerprint density at radius 1 is 1.23 bits per heavy atom. The van der Waals surface area contributed by atoms with E-state index in [-0.39, 0.29) is 11.8 Å². The molecule has 1 atom stereocenters. The molecule has 1 saturated heterocycles. The molecule has 3 heterocycles. The Morgan fingerprint density at radius 3 is 2.85 bits per heavy atom. The summed E-state index contributed by atoms with van der Waals surface area (Å²) in [6, 6.07) is 13.2. The van der Waals surface area contributed by atoms with E-state index in [2.05, 4.69) is 10.4 Å². The second-order valence-corrected chi connectivity index (χ2v) is 6.65. The minimum Gasteiger partial charge on any atom is -0.340 e. The van der Waals surface area contributed by atoms with Gasteiger partial charge in [0, 0.05) is 19.3 Å². The molecule has 1 aliphatic rings. The maximum absolute atomic E-state index is 12.6. The van der Waals surface area contributed by atoms with Gasteiger partial charge in [0.05, 0.1) is 17.3 Å². The molecule has 0 aliphatic carbocycles. The molecule has 6 nitrogen and oxygen atoms in total. The van der Waals surface area contributed by atoms with Crippen LogP contribution in [0.15, 0.2) is 54.9 Å². The molecular weight excluding hydrogens is 328 g/mol. The summed E-state index contributed by atoms with van der Waals surface area (Å²) >= 11 is 0. The first-order chi connectivity index (χ1) is 12.6. The van der Waals surface area contributed by atoms with Crippen LogP contribution in [-0.4, -0.2) is 38.9 Å². The van der Waals surface area contributed by atoms with Gasteiger partial charge in [0.15, 0.2) is 0 Å². The number of benzene rings is 1. The summed E-state index contributed by atoms with van der Waals surface area (Å²) in [6.07, 6.45) is 3.94. The third-order valence-electron chi connectivity index (χ3n) is 4.77. The molecule has 0 saturated carbocycles. The number of likely N-dealkylation sites (tertiary alicyclic amines) is 1. The van der Waals surface area contributed by atoms with E-state index in [0.29, 0.717) is 25.1 Å². The van der Waals surface area contributed by atoms with Crippen LogP contribution in [0.4, 0.5) is 0 Å². The van der Waals surface area contributed by atoms with Gasteiger partial charge in [-0.3, -0.25) is 9.59 Å². The zero-order chi connectivity index (χ0) is 18.1. The van der Waals surface area contributed by atoms with E-state index in [1.807, 2.05) is 49.4 Å². The van der Waals surface area contributed by atoms with Crippen LogP contribution in [0.1, 0.15) is 27.9 Å². The highest BCUT2D eigenvalue weighted by Crippen LogP contribution is 2.17. The fourth-order valence-corrected chi connectivity index (χ4v) is 3.29. The standard InChI is InChI=1S/C20H20N4O2/c1-14-5-7-15(8-6-14)13-23-11-9-17(20(23)26)22-19(25)16-12-21-24-10-3-2-4-18(16)24/h2-8,10,12,17H,9,11,13H2,1H3,(H,22,25)/t17-/m0/s1. The third-order valence-corrected chi connectivity index (χ3v) is 4.77. The van der Waals surface area contributed by atoms with E-state index < -0.39 is 6.04 Å². The third kappa shape index (κ3) is 3.06. The lowest BCUT2D eigenvalue weighted by Gasteiger charge is -2.17. The maximum atomic E-state index is 12.6. The first-order valence-corrected chi connectivity index (χ1v) is 8.69. The van der Waals surface area contributed by atoms with Crippen LogP contribution in [0.5, 0.6) is 0 Å². The highest BCUT2D eigenvalue weighted by atomic mass is 16.2.